The lowest BCUT2D eigenvalue weighted by molar-refractivity contribution is 0.306. The number of nitrogens with zero attached hydrogens (tertiary/aromatic N) is 1. The summed E-state index contributed by atoms with van der Waals surface area (Å²) in [5, 5.41) is 0. The molecular weight excluding hydrogens is 174 g/mol. The minimum Gasteiger partial charge on any atom is -0.312 e. The Morgan fingerprint density at radius 3 is 2.57 bits per heavy atom. The van der Waals surface area contributed by atoms with Gasteiger partial charge in [-0.3, -0.25) is 4.79 Å². The average molecular weight is 191 g/mol. The van der Waals surface area contributed by atoms with E-state index in [1.165, 1.54) is 19.3 Å². The van der Waals surface area contributed by atoms with E-state index in [4.69, 9.17) is 0 Å². The molecule has 0 amide bonds. The maximum atomic E-state index is 11.7. The molecule has 2 heteroatoms. The van der Waals surface area contributed by atoms with Crippen LogP contribution in [-0.2, 0) is 0 Å². The van der Waals surface area contributed by atoms with Crippen LogP contribution in [-0.4, -0.2) is 4.57 Å². The van der Waals surface area contributed by atoms with Gasteiger partial charge in [-0.05, 0) is 36.8 Å². The second kappa shape index (κ2) is 3.60. The van der Waals surface area contributed by atoms with Gasteiger partial charge in [0, 0.05) is 18.3 Å². The van der Waals surface area contributed by atoms with Crippen molar-refractivity contribution in [2.24, 2.45) is 0 Å². The van der Waals surface area contributed by atoms with Crippen molar-refractivity contribution in [3.8, 4) is 0 Å². The van der Waals surface area contributed by atoms with Crippen LogP contribution >= 0.6 is 0 Å². The Morgan fingerprint density at radius 1 is 1.43 bits per heavy atom. The summed E-state index contributed by atoms with van der Waals surface area (Å²) in [5.74, 6) is 0.443. The van der Waals surface area contributed by atoms with Crippen molar-refractivity contribution in [3.63, 3.8) is 0 Å². The predicted octanol–water partition coefficient (Wildman–Crippen LogP) is 2.70. The minimum absolute atomic E-state index is 0.168. The molecule has 0 aromatic carbocycles. The molecule has 2 rings (SSSR count). The fourth-order valence-electron chi connectivity index (χ4n) is 1.83. The summed E-state index contributed by atoms with van der Waals surface area (Å²) < 4.78 is 1.88. The second-order valence-electron chi connectivity index (χ2n) is 4.45. The molecule has 0 saturated heterocycles. The Morgan fingerprint density at radius 2 is 2.14 bits per heavy atom. The zero-order valence-corrected chi connectivity index (χ0v) is 8.86. The summed E-state index contributed by atoms with van der Waals surface area (Å²) in [4.78, 5) is 11.7. The quantitative estimate of drug-likeness (QED) is 0.704. The Kier molecular flexibility index (Phi) is 2.44. The molecule has 1 aromatic heterocycles. The van der Waals surface area contributed by atoms with E-state index >= 15 is 0 Å². The lowest BCUT2D eigenvalue weighted by Crippen LogP contribution is -2.28. The first-order valence-corrected chi connectivity index (χ1v) is 5.40. The molecule has 1 fully saturated rings. The molecule has 1 saturated carbocycles. The van der Waals surface area contributed by atoms with Crippen molar-refractivity contribution < 1.29 is 0 Å². The van der Waals surface area contributed by atoms with Gasteiger partial charge >= 0.3 is 0 Å². The predicted molar refractivity (Wildman–Crippen MR) is 57.7 cm³/mol. The van der Waals surface area contributed by atoms with Crippen molar-refractivity contribution in [2.75, 3.05) is 0 Å². The number of rotatable bonds is 2. The van der Waals surface area contributed by atoms with Crippen LogP contribution in [0.3, 0.4) is 0 Å². The molecule has 0 bridgehead atoms. The summed E-state index contributed by atoms with van der Waals surface area (Å²) in [6.45, 7) is 4.23. The van der Waals surface area contributed by atoms with E-state index in [0.29, 0.717) is 12.0 Å². The molecule has 1 aliphatic rings. The lowest BCUT2D eigenvalue weighted by Gasteiger charge is -2.27. The van der Waals surface area contributed by atoms with Crippen LogP contribution in [0.2, 0.25) is 0 Å². The first kappa shape index (κ1) is 9.50. The Bertz CT molecular complexity index is 374. The maximum Gasteiger partial charge on any atom is 0.251 e. The topological polar surface area (TPSA) is 22.0 Å². The number of aromatic nitrogens is 1. The Balaban J connectivity index is 2.31. The summed E-state index contributed by atoms with van der Waals surface area (Å²) >= 11 is 0. The lowest BCUT2D eigenvalue weighted by atomic mass is 9.92. The van der Waals surface area contributed by atoms with Crippen molar-refractivity contribution in [1.82, 2.24) is 4.57 Å². The third-order valence-corrected chi connectivity index (χ3v) is 3.11. The van der Waals surface area contributed by atoms with Gasteiger partial charge in [0.25, 0.3) is 5.56 Å². The van der Waals surface area contributed by atoms with Gasteiger partial charge in [-0.1, -0.05) is 13.8 Å². The van der Waals surface area contributed by atoms with Crippen LogP contribution in [0.15, 0.2) is 23.1 Å². The highest BCUT2D eigenvalue weighted by Gasteiger charge is 2.19. The summed E-state index contributed by atoms with van der Waals surface area (Å²) in [6.07, 6.45) is 5.56. The molecular formula is C12H17NO. The van der Waals surface area contributed by atoms with Crippen LogP contribution in [0.5, 0.6) is 0 Å². The molecule has 14 heavy (non-hydrogen) atoms. The minimum atomic E-state index is 0.168. The summed E-state index contributed by atoms with van der Waals surface area (Å²) in [7, 11) is 0. The molecule has 1 aromatic rings. The van der Waals surface area contributed by atoms with Gasteiger partial charge in [0.05, 0.1) is 0 Å². The van der Waals surface area contributed by atoms with Gasteiger partial charge in [-0.2, -0.15) is 0 Å². The van der Waals surface area contributed by atoms with E-state index in [0.717, 1.165) is 5.56 Å². The molecule has 2 nitrogen and oxygen atoms in total. The first-order valence-electron chi connectivity index (χ1n) is 5.40. The number of hydrogen-bond donors (Lipinski definition) is 0. The number of pyridine rings is 1. The Hall–Kier alpha value is -1.05. The molecule has 0 radical (unpaired) electrons. The van der Waals surface area contributed by atoms with Crippen molar-refractivity contribution >= 4 is 0 Å². The van der Waals surface area contributed by atoms with Crippen LogP contribution in [0, 0.1) is 0 Å². The highest BCUT2D eigenvalue weighted by atomic mass is 16.1. The molecule has 0 aliphatic heterocycles. The SMILES string of the molecule is CC(C)c1ccn(C2CCC2)c(=O)c1. The molecule has 1 aliphatic carbocycles. The third kappa shape index (κ3) is 1.61. The summed E-state index contributed by atoms with van der Waals surface area (Å²) in [5.41, 5.74) is 1.31. The van der Waals surface area contributed by atoms with Gasteiger partial charge < -0.3 is 4.57 Å². The van der Waals surface area contributed by atoms with E-state index in [9.17, 15) is 4.79 Å². The monoisotopic (exact) mass is 191 g/mol. The normalized spacial score (nSPS) is 17.1. The van der Waals surface area contributed by atoms with E-state index in [1.807, 2.05) is 10.8 Å². The smallest absolute Gasteiger partial charge is 0.251 e. The fourth-order valence-corrected chi connectivity index (χ4v) is 1.83. The second-order valence-corrected chi connectivity index (χ2v) is 4.45. The first-order chi connectivity index (χ1) is 6.68. The van der Waals surface area contributed by atoms with Crippen LogP contribution in [0.25, 0.3) is 0 Å². The zero-order valence-electron chi connectivity index (χ0n) is 8.86. The maximum absolute atomic E-state index is 11.7. The van der Waals surface area contributed by atoms with Crippen molar-refractivity contribution in [1.29, 1.82) is 0 Å². The molecule has 0 atom stereocenters. The van der Waals surface area contributed by atoms with E-state index in [1.54, 1.807) is 6.07 Å². The third-order valence-electron chi connectivity index (χ3n) is 3.11. The van der Waals surface area contributed by atoms with Crippen molar-refractivity contribution in [3.05, 3.63) is 34.2 Å². The average Bonchev–Trinajstić information content (AvgIpc) is 2.04. The highest BCUT2D eigenvalue weighted by molar-refractivity contribution is 5.15. The van der Waals surface area contributed by atoms with Gasteiger partial charge in [0.1, 0.15) is 0 Å². The summed E-state index contributed by atoms with van der Waals surface area (Å²) in [6, 6.07) is 4.33. The van der Waals surface area contributed by atoms with E-state index < -0.39 is 0 Å². The van der Waals surface area contributed by atoms with E-state index in [-0.39, 0.29) is 5.56 Å². The van der Waals surface area contributed by atoms with Crippen LogP contribution < -0.4 is 5.56 Å². The van der Waals surface area contributed by atoms with Gasteiger partial charge in [-0.15, -0.1) is 0 Å². The highest BCUT2D eigenvalue weighted by Crippen LogP contribution is 2.30. The largest absolute Gasteiger partial charge is 0.312 e. The standard InChI is InChI=1S/C12H17NO/c1-9(2)10-6-7-13(12(14)8-10)11-4-3-5-11/h6-9,11H,3-5H2,1-2H3. The zero-order chi connectivity index (χ0) is 10.1. The van der Waals surface area contributed by atoms with Gasteiger partial charge in [0.15, 0.2) is 0 Å². The molecule has 76 valence electrons. The van der Waals surface area contributed by atoms with Crippen LogP contribution in [0.1, 0.15) is 50.6 Å². The molecule has 0 spiro atoms. The van der Waals surface area contributed by atoms with Crippen molar-refractivity contribution in [2.45, 2.75) is 45.1 Å². The van der Waals surface area contributed by atoms with Crippen LogP contribution in [0.4, 0.5) is 0 Å². The van der Waals surface area contributed by atoms with Gasteiger partial charge in [-0.25, -0.2) is 0 Å². The van der Waals surface area contributed by atoms with E-state index in [2.05, 4.69) is 19.9 Å². The fraction of sp³-hybridized carbons (Fsp3) is 0.583. The Labute approximate surface area is 84.6 Å². The van der Waals surface area contributed by atoms with Gasteiger partial charge in [0.2, 0.25) is 0 Å². The molecule has 1 heterocycles. The molecule has 0 N–H and O–H groups in total. The molecule has 0 unspecified atom stereocenters. The number of hydrogen-bond acceptors (Lipinski definition) is 1.